The first kappa shape index (κ1) is 15.4. The third-order valence-corrected chi connectivity index (χ3v) is 4.67. The molecule has 0 amide bonds. The molecule has 0 N–H and O–H groups in total. The largest absolute Gasteiger partial charge is 0.371 e. The summed E-state index contributed by atoms with van der Waals surface area (Å²) in [6.07, 6.45) is 3.31. The van der Waals surface area contributed by atoms with Gasteiger partial charge < -0.3 is 9.26 Å². The van der Waals surface area contributed by atoms with E-state index < -0.39 is 0 Å². The van der Waals surface area contributed by atoms with Crippen molar-refractivity contribution in [3.63, 3.8) is 0 Å². The summed E-state index contributed by atoms with van der Waals surface area (Å²) in [5.74, 6) is 0. The minimum absolute atomic E-state index is 0.209. The molecule has 102 valence electrons. The van der Waals surface area contributed by atoms with Crippen molar-refractivity contribution < 1.29 is 9.26 Å². The predicted molar refractivity (Wildman–Crippen MR) is 74.8 cm³/mol. The third-order valence-electron chi connectivity index (χ3n) is 3.89. The zero-order valence-electron chi connectivity index (χ0n) is 12.2. The van der Waals surface area contributed by atoms with Gasteiger partial charge >= 0.3 is 0 Å². The van der Waals surface area contributed by atoms with E-state index in [9.17, 15) is 0 Å². The summed E-state index contributed by atoms with van der Waals surface area (Å²) >= 11 is 0. The predicted octanol–water partition coefficient (Wildman–Crippen LogP) is 3.24. The molecular formula is C13H28NO2P. The lowest BCUT2D eigenvalue weighted by atomic mass is 9.79. The fraction of sp³-hybridized carbons (Fsp3) is 1.00. The van der Waals surface area contributed by atoms with Crippen LogP contribution in [0.5, 0.6) is 0 Å². The van der Waals surface area contributed by atoms with Gasteiger partial charge in [-0.05, 0) is 54.5 Å². The first-order chi connectivity index (χ1) is 7.79. The molecule has 1 atom stereocenters. The van der Waals surface area contributed by atoms with Crippen LogP contribution in [0.25, 0.3) is 0 Å². The molecule has 0 aliphatic carbocycles. The summed E-state index contributed by atoms with van der Waals surface area (Å²) in [6, 6.07) is 0. The van der Waals surface area contributed by atoms with Crippen LogP contribution in [0, 0.1) is 0 Å². The second-order valence-electron chi connectivity index (χ2n) is 6.10. The van der Waals surface area contributed by atoms with E-state index in [1.54, 1.807) is 0 Å². The maximum absolute atomic E-state index is 5.97. The summed E-state index contributed by atoms with van der Waals surface area (Å²) in [6.45, 7) is 12.0. The number of piperidine rings is 1. The van der Waals surface area contributed by atoms with Gasteiger partial charge in [0.15, 0.2) is 0 Å². The molecule has 0 aromatic heterocycles. The Morgan fingerprint density at radius 2 is 1.71 bits per heavy atom. The summed E-state index contributed by atoms with van der Waals surface area (Å²) < 4.78 is 11.3. The van der Waals surface area contributed by atoms with Crippen LogP contribution < -0.4 is 0 Å². The number of hydrogen-bond donors (Lipinski definition) is 0. The Labute approximate surface area is 108 Å². The molecule has 1 aliphatic heterocycles. The molecule has 1 fully saturated rings. The maximum atomic E-state index is 5.97. The van der Waals surface area contributed by atoms with Crippen LogP contribution in [0.2, 0.25) is 0 Å². The van der Waals surface area contributed by atoms with E-state index in [1.807, 2.05) is 6.92 Å². The van der Waals surface area contributed by atoms with Crippen LogP contribution in [-0.2, 0) is 9.26 Å². The van der Waals surface area contributed by atoms with E-state index >= 15 is 0 Å². The van der Waals surface area contributed by atoms with Crippen molar-refractivity contribution in [3.8, 4) is 0 Å². The van der Waals surface area contributed by atoms with Gasteiger partial charge in [0, 0.05) is 26.5 Å². The molecule has 1 saturated heterocycles. The van der Waals surface area contributed by atoms with E-state index in [-0.39, 0.29) is 11.1 Å². The van der Waals surface area contributed by atoms with Crippen LogP contribution in [0.1, 0.15) is 47.5 Å². The van der Waals surface area contributed by atoms with Gasteiger partial charge in [-0.1, -0.05) is 0 Å². The topological polar surface area (TPSA) is 21.7 Å². The van der Waals surface area contributed by atoms with Crippen molar-refractivity contribution in [2.75, 3.05) is 20.0 Å². The Kier molecular flexibility index (Phi) is 5.39. The number of nitrogens with zero attached hydrogens (tertiary/aromatic N) is 1. The first-order valence-corrected chi connectivity index (χ1v) is 7.61. The van der Waals surface area contributed by atoms with E-state index in [0.29, 0.717) is 14.9 Å². The van der Waals surface area contributed by atoms with Crippen molar-refractivity contribution >= 4 is 8.81 Å². The average Bonchev–Trinajstić information content (AvgIpc) is 2.20. The molecular weight excluding hydrogens is 233 g/mol. The third kappa shape index (κ3) is 4.17. The van der Waals surface area contributed by atoms with Crippen molar-refractivity contribution in [2.24, 2.45) is 0 Å². The first-order valence-electron chi connectivity index (χ1n) is 6.50. The molecule has 17 heavy (non-hydrogen) atoms. The molecule has 0 saturated carbocycles. The Hall–Kier alpha value is 0.310. The van der Waals surface area contributed by atoms with Gasteiger partial charge in [0.1, 0.15) is 0 Å². The summed E-state index contributed by atoms with van der Waals surface area (Å²) in [4.78, 5) is 2.48. The summed E-state index contributed by atoms with van der Waals surface area (Å²) in [5.41, 5.74) is 0.419. The highest BCUT2D eigenvalue weighted by molar-refractivity contribution is 7.31. The van der Waals surface area contributed by atoms with Gasteiger partial charge in [-0.2, -0.15) is 0 Å². The van der Waals surface area contributed by atoms with E-state index in [1.165, 1.54) is 0 Å². The highest BCUT2D eigenvalue weighted by Gasteiger charge is 2.43. The van der Waals surface area contributed by atoms with E-state index in [4.69, 9.17) is 9.26 Å². The second kappa shape index (κ2) is 5.97. The SMILES string of the molecule is CCOPCOC1CC(C)(C)N(C)C(C)(C)C1. The Morgan fingerprint density at radius 3 is 2.18 bits per heavy atom. The zero-order chi connectivity index (χ0) is 13.1. The molecule has 0 bridgehead atoms. The second-order valence-corrected chi connectivity index (χ2v) is 6.97. The average molecular weight is 261 g/mol. The maximum Gasteiger partial charge on any atom is 0.0883 e. The molecule has 1 rings (SSSR count). The van der Waals surface area contributed by atoms with Gasteiger partial charge in [-0.3, -0.25) is 4.90 Å². The summed E-state index contributed by atoms with van der Waals surface area (Å²) in [7, 11) is 2.70. The van der Waals surface area contributed by atoms with Crippen molar-refractivity contribution in [1.82, 2.24) is 4.90 Å². The van der Waals surface area contributed by atoms with Crippen LogP contribution in [0.15, 0.2) is 0 Å². The standard InChI is InChI=1S/C13H28NO2P/c1-7-16-17-10-15-11-8-12(2,3)14(6)13(4,5)9-11/h11,17H,7-10H2,1-6H3. The molecule has 0 aromatic rings. The number of hydrogen-bond acceptors (Lipinski definition) is 3. The number of ether oxygens (including phenoxy) is 1. The zero-order valence-corrected chi connectivity index (χ0v) is 13.2. The van der Waals surface area contributed by atoms with Gasteiger partial charge in [0.25, 0.3) is 0 Å². The lowest BCUT2D eigenvalue weighted by molar-refractivity contribution is -0.0825. The molecule has 1 heterocycles. The van der Waals surface area contributed by atoms with Gasteiger partial charge in [0.2, 0.25) is 0 Å². The highest BCUT2D eigenvalue weighted by Crippen LogP contribution is 2.38. The Bertz CT molecular complexity index is 226. The number of rotatable bonds is 5. The molecule has 0 spiro atoms. The van der Waals surface area contributed by atoms with Crippen molar-refractivity contribution in [2.45, 2.75) is 64.6 Å². The quantitative estimate of drug-likeness (QED) is 0.560. The minimum atomic E-state index is 0.209. The minimum Gasteiger partial charge on any atom is -0.371 e. The van der Waals surface area contributed by atoms with Crippen LogP contribution >= 0.6 is 8.81 Å². The molecule has 0 aromatic carbocycles. The lowest BCUT2D eigenvalue weighted by Crippen LogP contribution is -2.60. The summed E-state index contributed by atoms with van der Waals surface area (Å²) in [5, 5.41) is 0. The molecule has 3 nitrogen and oxygen atoms in total. The van der Waals surface area contributed by atoms with Crippen LogP contribution in [0.3, 0.4) is 0 Å². The fourth-order valence-electron chi connectivity index (χ4n) is 2.69. The normalized spacial score (nSPS) is 25.8. The van der Waals surface area contributed by atoms with Crippen molar-refractivity contribution in [1.29, 1.82) is 0 Å². The van der Waals surface area contributed by atoms with Crippen LogP contribution in [0.4, 0.5) is 0 Å². The highest BCUT2D eigenvalue weighted by atomic mass is 31.1. The molecule has 4 heteroatoms. The Morgan fingerprint density at radius 1 is 1.18 bits per heavy atom. The van der Waals surface area contributed by atoms with Gasteiger partial charge in [0.05, 0.1) is 12.5 Å². The molecule has 1 unspecified atom stereocenters. The number of likely N-dealkylation sites (tertiary alicyclic amines) is 1. The molecule has 1 aliphatic rings. The van der Waals surface area contributed by atoms with Gasteiger partial charge in [-0.15, -0.1) is 0 Å². The Balaban J connectivity index is 2.48. The van der Waals surface area contributed by atoms with E-state index in [2.05, 4.69) is 39.6 Å². The molecule has 0 radical (unpaired) electrons. The van der Waals surface area contributed by atoms with Crippen LogP contribution in [-0.4, -0.2) is 42.1 Å². The monoisotopic (exact) mass is 261 g/mol. The van der Waals surface area contributed by atoms with Gasteiger partial charge in [-0.25, -0.2) is 0 Å². The van der Waals surface area contributed by atoms with Crippen molar-refractivity contribution in [3.05, 3.63) is 0 Å². The fourth-order valence-corrected chi connectivity index (χ4v) is 3.28. The smallest absolute Gasteiger partial charge is 0.0883 e. The lowest BCUT2D eigenvalue weighted by Gasteiger charge is -2.53. The van der Waals surface area contributed by atoms with E-state index in [0.717, 1.165) is 25.8 Å².